The second-order valence-corrected chi connectivity index (χ2v) is 4.38. The second-order valence-electron chi connectivity index (χ2n) is 4.38. The van der Waals surface area contributed by atoms with Crippen LogP contribution in [0, 0.1) is 0 Å². The molecule has 2 heterocycles. The van der Waals surface area contributed by atoms with Crippen molar-refractivity contribution in [3.63, 3.8) is 0 Å². The van der Waals surface area contributed by atoms with Crippen LogP contribution in [0.3, 0.4) is 0 Å². The molecule has 3 heteroatoms. The van der Waals surface area contributed by atoms with Crippen LogP contribution in [0.2, 0.25) is 0 Å². The average Bonchev–Trinajstić information content (AvgIpc) is 2.92. The van der Waals surface area contributed by atoms with Gasteiger partial charge in [-0.15, -0.1) is 0 Å². The van der Waals surface area contributed by atoms with E-state index in [2.05, 4.69) is 11.4 Å². The largest absolute Gasteiger partial charge is 0.489 e. The molecule has 0 unspecified atom stereocenters. The summed E-state index contributed by atoms with van der Waals surface area (Å²) in [5, 5.41) is 3.20. The molecule has 0 radical (unpaired) electrons. The number of fused-ring (bicyclic) bond motifs is 3. The maximum Gasteiger partial charge on any atom is 0.165 e. The summed E-state index contributed by atoms with van der Waals surface area (Å²) in [7, 11) is 1.99. The molecule has 0 spiro atoms. The van der Waals surface area contributed by atoms with Crippen molar-refractivity contribution in [2.24, 2.45) is 0 Å². The van der Waals surface area contributed by atoms with E-state index in [1.54, 1.807) is 0 Å². The highest BCUT2D eigenvalue weighted by molar-refractivity contribution is 5.58. The number of likely N-dealkylation sites (N-methyl/N-ethyl adjacent to an activating group) is 1. The first-order chi connectivity index (χ1) is 7.90. The molecule has 0 saturated carbocycles. The Hall–Kier alpha value is -1.22. The van der Waals surface area contributed by atoms with Gasteiger partial charge < -0.3 is 14.8 Å². The van der Waals surface area contributed by atoms with Crippen LogP contribution in [0.15, 0.2) is 6.07 Å². The van der Waals surface area contributed by atoms with Gasteiger partial charge in [0, 0.05) is 24.0 Å². The first-order valence-electron chi connectivity index (χ1n) is 5.98. The first kappa shape index (κ1) is 9.97. The summed E-state index contributed by atoms with van der Waals surface area (Å²) in [6.45, 7) is 2.63. The zero-order valence-corrected chi connectivity index (χ0v) is 9.64. The topological polar surface area (TPSA) is 30.5 Å². The molecule has 2 aliphatic heterocycles. The van der Waals surface area contributed by atoms with Crippen LogP contribution in [-0.4, -0.2) is 26.8 Å². The normalized spacial score (nSPS) is 16.6. The number of benzene rings is 1. The van der Waals surface area contributed by atoms with Crippen molar-refractivity contribution in [2.75, 3.05) is 26.8 Å². The number of hydrogen-bond acceptors (Lipinski definition) is 3. The van der Waals surface area contributed by atoms with E-state index in [0.29, 0.717) is 0 Å². The molecule has 0 aromatic heterocycles. The molecule has 1 aromatic rings. The molecule has 0 aliphatic carbocycles. The summed E-state index contributed by atoms with van der Waals surface area (Å²) in [5.41, 5.74) is 4.13. The molecule has 1 aromatic carbocycles. The number of hydrogen-bond donors (Lipinski definition) is 1. The van der Waals surface area contributed by atoms with Crippen molar-refractivity contribution in [3.8, 4) is 11.5 Å². The lowest BCUT2D eigenvalue weighted by Gasteiger charge is -2.11. The summed E-state index contributed by atoms with van der Waals surface area (Å²) < 4.78 is 11.4. The van der Waals surface area contributed by atoms with E-state index in [0.717, 1.165) is 50.5 Å². The van der Waals surface area contributed by atoms with E-state index in [-0.39, 0.29) is 0 Å². The third kappa shape index (κ3) is 1.47. The monoisotopic (exact) mass is 219 g/mol. The van der Waals surface area contributed by atoms with Gasteiger partial charge in [0.2, 0.25) is 0 Å². The standard InChI is InChI=1S/C13H17NO2/c1-14-5-2-9-8-10-3-6-15-12(10)13-11(9)4-7-16-13/h8,14H,2-7H2,1H3. The van der Waals surface area contributed by atoms with E-state index in [4.69, 9.17) is 9.47 Å². The fourth-order valence-corrected chi connectivity index (χ4v) is 2.56. The molecule has 0 fully saturated rings. The van der Waals surface area contributed by atoms with Gasteiger partial charge in [0.05, 0.1) is 13.2 Å². The van der Waals surface area contributed by atoms with Crippen molar-refractivity contribution < 1.29 is 9.47 Å². The quantitative estimate of drug-likeness (QED) is 0.831. The van der Waals surface area contributed by atoms with Crippen molar-refractivity contribution in [1.82, 2.24) is 5.32 Å². The second kappa shape index (κ2) is 3.98. The number of ether oxygens (including phenoxy) is 2. The lowest BCUT2D eigenvalue weighted by atomic mass is 9.98. The molecular weight excluding hydrogens is 202 g/mol. The molecule has 86 valence electrons. The first-order valence-corrected chi connectivity index (χ1v) is 5.98. The molecule has 1 N–H and O–H groups in total. The van der Waals surface area contributed by atoms with Gasteiger partial charge >= 0.3 is 0 Å². The molecule has 2 aliphatic rings. The van der Waals surface area contributed by atoms with Crippen LogP contribution < -0.4 is 14.8 Å². The van der Waals surface area contributed by atoms with Gasteiger partial charge in [-0.3, -0.25) is 0 Å². The Balaban J connectivity index is 2.02. The highest BCUT2D eigenvalue weighted by atomic mass is 16.5. The highest BCUT2D eigenvalue weighted by Gasteiger charge is 2.26. The lowest BCUT2D eigenvalue weighted by Crippen LogP contribution is -2.11. The van der Waals surface area contributed by atoms with Crippen molar-refractivity contribution in [2.45, 2.75) is 19.3 Å². The summed E-state index contributed by atoms with van der Waals surface area (Å²) in [6, 6.07) is 2.31. The van der Waals surface area contributed by atoms with Gasteiger partial charge in [0.1, 0.15) is 0 Å². The highest BCUT2D eigenvalue weighted by Crippen LogP contribution is 2.43. The fourth-order valence-electron chi connectivity index (χ4n) is 2.56. The van der Waals surface area contributed by atoms with E-state index in [1.165, 1.54) is 16.7 Å². The minimum absolute atomic E-state index is 0.806. The Morgan fingerprint density at radius 3 is 2.88 bits per heavy atom. The maximum absolute atomic E-state index is 5.72. The van der Waals surface area contributed by atoms with E-state index >= 15 is 0 Å². The smallest absolute Gasteiger partial charge is 0.165 e. The zero-order valence-electron chi connectivity index (χ0n) is 9.64. The summed E-state index contributed by atoms with van der Waals surface area (Å²) in [5.74, 6) is 2.04. The number of rotatable bonds is 3. The van der Waals surface area contributed by atoms with Crippen LogP contribution in [-0.2, 0) is 19.3 Å². The van der Waals surface area contributed by atoms with E-state index < -0.39 is 0 Å². The SMILES string of the molecule is CNCCc1cc2c(c3c1CCO3)OCC2. The Morgan fingerprint density at radius 1 is 1.19 bits per heavy atom. The van der Waals surface area contributed by atoms with Gasteiger partial charge in [-0.1, -0.05) is 6.07 Å². The van der Waals surface area contributed by atoms with Crippen molar-refractivity contribution in [1.29, 1.82) is 0 Å². The fraction of sp³-hybridized carbons (Fsp3) is 0.538. The predicted molar refractivity (Wildman–Crippen MR) is 62.5 cm³/mol. The summed E-state index contributed by atoms with van der Waals surface area (Å²) >= 11 is 0. The van der Waals surface area contributed by atoms with Crippen molar-refractivity contribution in [3.05, 3.63) is 22.8 Å². The lowest BCUT2D eigenvalue weighted by molar-refractivity contribution is 0.310. The molecule has 0 atom stereocenters. The Bertz CT molecular complexity index is 415. The van der Waals surface area contributed by atoms with Crippen LogP contribution >= 0.6 is 0 Å². The van der Waals surface area contributed by atoms with Gasteiger partial charge in [-0.2, -0.15) is 0 Å². The average molecular weight is 219 g/mol. The Morgan fingerprint density at radius 2 is 2.00 bits per heavy atom. The van der Waals surface area contributed by atoms with Crippen LogP contribution in [0.4, 0.5) is 0 Å². The molecule has 0 bridgehead atoms. The third-order valence-corrected chi connectivity index (χ3v) is 3.37. The van der Waals surface area contributed by atoms with E-state index in [1.807, 2.05) is 7.05 Å². The zero-order chi connectivity index (χ0) is 11.0. The van der Waals surface area contributed by atoms with Crippen LogP contribution in [0.5, 0.6) is 11.5 Å². The molecule has 0 amide bonds. The molecule has 3 nitrogen and oxygen atoms in total. The molecule has 0 saturated heterocycles. The van der Waals surface area contributed by atoms with Crippen LogP contribution in [0.25, 0.3) is 0 Å². The van der Waals surface area contributed by atoms with Gasteiger partial charge in [0.25, 0.3) is 0 Å². The van der Waals surface area contributed by atoms with Crippen LogP contribution in [0.1, 0.15) is 16.7 Å². The molecule has 16 heavy (non-hydrogen) atoms. The minimum atomic E-state index is 0.806. The van der Waals surface area contributed by atoms with Crippen molar-refractivity contribution >= 4 is 0 Å². The van der Waals surface area contributed by atoms with Gasteiger partial charge in [-0.05, 0) is 25.6 Å². The summed E-state index contributed by atoms with van der Waals surface area (Å²) in [4.78, 5) is 0. The summed E-state index contributed by atoms with van der Waals surface area (Å²) in [6.07, 6.45) is 3.14. The minimum Gasteiger partial charge on any atom is -0.489 e. The van der Waals surface area contributed by atoms with Gasteiger partial charge in [-0.25, -0.2) is 0 Å². The Kier molecular flexibility index (Phi) is 2.48. The maximum atomic E-state index is 5.72. The predicted octanol–water partition coefficient (Wildman–Crippen LogP) is 1.32. The number of nitrogens with one attached hydrogen (secondary N) is 1. The Labute approximate surface area is 95.8 Å². The van der Waals surface area contributed by atoms with E-state index in [9.17, 15) is 0 Å². The molecule has 3 rings (SSSR count). The third-order valence-electron chi connectivity index (χ3n) is 3.37. The van der Waals surface area contributed by atoms with Gasteiger partial charge in [0.15, 0.2) is 11.5 Å². The molecular formula is C13H17NO2.